The maximum atomic E-state index is 6.33. The van der Waals surface area contributed by atoms with Crippen molar-refractivity contribution in [3.8, 4) is 0 Å². The molecule has 2 rings (SSSR count). The lowest BCUT2D eigenvalue weighted by atomic mass is 10.0. The molecule has 0 bridgehead atoms. The third kappa shape index (κ3) is 3.92. The third-order valence-electron chi connectivity index (χ3n) is 3.88. The predicted octanol–water partition coefficient (Wildman–Crippen LogP) is 6.38. The molecule has 1 heterocycles. The molecule has 21 heavy (non-hydrogen) atoms. The number of hydrogen-bond donors (Lipinski definition) is 0. The fraction of sp³-hybridized carbons (Fsp3) is 0.588. The van der Waals surface area contributed by atoms with E-state index in [1.54, 1.807) is 0 Å². The summed E-state index contributed by atoms with van der Waals surface area (Å²) in [5.41, 5.74) is 2.06. The molecule has 2 aromatic rings. The number of imidazole rings is 1. The summed E-state index contributed by atoms with van der Waals surface area (Å²) >= 11 is 12.5. The van der Waals surface area contributed by atoms with Gasteiger partial charge in [0.05, 0.1) is 16.4 Å². The second-order valence-corrected chi connectivity index (χ2v) is 7.35. The second kappa shape index (κ2) is 7.02. The van der Waals surface area contributed by atoms with Crippen molar-refractivity contribution in [1.82, 2.24) is 9.55 Å². The largest absolute Gasteiger partial charge is 0.324 e. The first-order chi connectivity index (χ1) is 9.90. The third-order valence-corrected chi connectivity index (χ3v) is 4.31. The number of fused-ring (bicyclic) bond motifs is 1. The van der Waals surface area contributed by atoms with Crippen LogP contribution in [0.1, 0.15) is 64.2 Å². The standard InChI is InChI=1S/C17H24Cl2N2/c1-11(2)6-5-7-12(3)21-16-10-14(19)8-9-15(16)20-17(21)13(4)18/h8-13H,5-7H2,1-4H3. The Morgan fingerprint density at radius 1 is 1.14 bits per heavy atom. The maximum absolute atomic E-state index is 6.33. The van der Waals surface area contributed by atoms with E-state index < -0.39 is 0 Å². The van der Waals surface area contributed by atoms with Gasteiger partial charge in [0.15, 0.2) is 0 Å². The van der Waals surface area contributed by atoms with E-state index in [4.69, 9.17) is 23.2 Å². The van der Waals surface area contributed by atoms with E-state index in [1.165, 1.54) is 12.8 Å². The minimum Gasteiger partial charge on any atom is -0.324 e. The van der Waals surface area contributed by atoms with Crippen molar-refractivity contribution in [2.75, 3.05) is 0 Å². The van der Waals surface area contributed by atoms with Crippen LogP contribution in [-0.4, -0.2) is 9.55 Å². The van der Waals surface area contributed by atoms with Crippen LogP contribution in [0.3, 0.4) is 0 Å². The molecule has 1 aromatic carbocycles. The van der Waals surface area contributed by atoms with Gasteiger partial charge in [0.2, 0.25) is 0 Å². The highest BCUT2D eigenvalue weighted by Crippen LogP contribution is 2.31. The molecule has 2 atom stereocenters. The Labute approximate surface area is 137 Å². The van der Waals surface area contributed by atoms with Crippen LogP contribution in [0.5, 0.6) is 0 Å². The van der Waals surface area contributed by atoms with Gasteiger partial charge in [-0.1, -0.05) is 38.3 Å². The molecule has 0 aliphatic heterocycles. The number of aromatic nitrogens is 2. The van der Waals surface area contributed by atoms with Crippen LogP contribution in [-0.2, 0) is 0 Å². The SMILES string of the molecule is CC(C)CCCC(C)n1c(C(C)Cl)nc2ccc(Cl)cc21. The first-order valence-corrected chi connectivity index (χ1v) is 8.53. The summed E-state index contributed by atoms with van der Waals surface area (Å²) < 4.78 is 2.26. The summed E-state index contributed by atoms with van der Waals surface area (Å²) in [5, 5.41) is 0.635. The van der Waals surface area contributed by atoms with E-state index in [1.807, 2.05) is 25.1 Å². The highest BCUT2D eigenvalue weighted by atomic mass is 35.5. The second-order valence-electron chi connectivity index (χ2n) is 6.26. The summed E-state index contributed by atoms with van der Waals surface area (Å²) in [4.78, 5) is 4.69. The molecule has 0 radical (unpaired) electrons. The Bertz CT molecular complexity index is 602. The Kier molecular flexibility index (Phi) is 5.56. The quantitative estimate of drug-likeness (QED) is 0.563. The van der Waals surface area contributed by atoms with Crippen LogP contribution in [0.2, 0.25) is 5.02 Å². The zero-order valence-corrected chi connectivity index (χ0v) is 14.7. The molecule has 0 aliphatic carbocycles. The van der Waals surface area contributed by atoms with Crippen molar-refractivity contribution >= 4 is 34.2 Å². The van der Waals surface area contributed by atoms with Gasteiger partial charge in [0.25, 0.3) is 0 Å². The Hall–Kier alpha value is -0.730. The van der Waals surface area contributed by atoms with Crippen molar-refractivity contribution in [2.24, 2.45) is 5.92 Å². The van der Waals surface area contributed by atoms with Crippen LogP contribution in [0.25, 0.3) is 11.0 Å². The van der Waals surface area contributed by atoms with Gasteiger partial charge < -0.3 is 4.57 Å². The zero-order valence-electron chi connectivity index (χ0n) is 13.2. The molecule has 0 spiro atoms. The molecule has 0 amide bonds. The van der Waals surface area contributed by atoms with Crippen molar-refractivity contribution in [2.45, 2.75) is 58.4 Å². The number of rotatable bonds is 6. The average molecular weight is 327 g/mol. The van der Waals surface area contributed by atoms with Crippen molar-refractivity contribution in [3.63, 3.8) is 0 Å². The average Bonchev–Trinajstić information content (AvgIpc) is 2.76. The number of halogens is 2. The summed E-state index contributed by atoms with van der Waals surface area (Å²) in [5.74, 6) is 1.68. The predicted molar refractivity (Wildman–Crippen MR) is 92.4 cm³/mol. The van der Waals surface area contributed by atoms with E-state index in [0.29, 0.717) is 6.04 Å². The summed E-state index contributed by atoms with van der Waals surface area (Å²) in [7, 11) is 0. The molecule has 0 saturated carbocycles. The number of alkyl halides is 1. The van der Waals surface area contributed by atoms with Crippen LogP contribution in [0, 0.1) is 5.92 Å². The Balaban J connectivity index is 2.35. The number of hydrogen-bond acceptors (Lipinski definition) is 1. The summed E-state index contributed by atoms with van der Waals surface area (Å²) in [6.07, 6.45) is 3.60. The van der Waals surface area contributed by atoms with Crippen molar-refractivity contribution in [1.29, 1.82) is 0 Å². The molecule has 0 N–H and O–H groups in total. The Morgan fingerprint density at radius 3 is 2.48 bits per heavy atom. The first kappa shape index (κ1) is 16.6. The van der Waals surface area contributed by atoms with E-state index >= 15 is 0 Å². The first-order valence-electron chi connectivity index (χ1n) is 7.71. The normalized spacial score (nSPS) is 14.8. The fourth-order valence-electron chi connectivity index (χ4n) is 2.78. The molecule has 0 saturated heterocycles. The highest BCUT2D eigenvalue weighted by Gasteiger charge is 2.19. The zero-order chi connectivity index (χ0) is 15.6. The molecule has 0 aliphatic rings. The lowest BCUT2D eigenvalue weighted by Gasteiger charge is -2.19. The van der Waals surface area contributed by atoms with Gasteiger partial charge in [0, 0.05) is 11.1 Å². The molecule has 2 unspecified atom stereocenters. The van der Waals surface area contributed by atoms with Crippen LogP contribution in [0.15, 0.2) is 18.2 Å². The molecule has 0 fully saturated rings. The maximum Gasteiger partial charge on any atom is 0.127 e. The van der Waals surface area contributed by atoms with E-state index in [2.05, 4.69) is 30.3 Å². The summed E-state index contributed by atoms with van der Waals surface area (Å²) in [6, 6.07) is 6.22. The molecule has 4 heteroatoms. The molecular formula is C17H24Cl2N2. The Morgan fingerprint density at radius 2 is 1.86 bits per heavy atom. The fourth-order valence-corrected chi connectivity index (χ4v) is 3.10. The van der Waals surface area contributed by atoms with E-state index in [9.17, 15) is 0 Å². The van der Waals surface area contributed by atoms with Crippen LogP contribution >= 0.6 is 23.2 Å². The highest BCUT2D eigenvalue weighted by molar-refractivity contribution is 6.31. The number of benzene rings is 1. The van der Waals surface area contributed by atoms with Gasteiger partial charge in [-0.05, 0) is 44.4 Å². The molecule has 2 nitrogen and oxygen atoms in total. The monoisotopic (exact) mass is 326 g/mol. The van der Waals surface area contributed by atoms with Crippen molar-refractivity contribution in [3.05, 3.63) is 29.0 Å². The smallest absolute Gasteiger partial charge is 0.127 e. The minimum absolute atomic E-state index is 0.108. The lowest BCUT2D eigenvalue weighted by Crippen LogP contribution is -2.10. The summed E-state index contributed by atoms with van der Waals surface area (Å²) in [6.45, 7) is 8.75. The van der Waals surface area contributed by atoms with Crippen LogP contribution in [0.4, 0.5) is 0 Å². The van der Waals surface area contributed by atoms with Gasteiger partial charge in [-0.25, -0.2) is 4.98 Å². The molecule has 1 aromatic heterocycles. The van der Waals surface area contributed by atoms with Gasteiger partial charge >= 0.3 is 0 Å². The topological polar surface area (TPSA) is 17.8 Å². The molecule has 116 valence electrons. The van der Waals surface area contributed by atoms with Gasteiger partial charge in [-0.3, -0.25) is 0 Å². The number of nitrogens with zero attached hydrogens (tertiary/aromatic N) is 2. The van der Waals surface area contributed by atoms with Crippen LogP contribution < -0.4 is 0 Å². The molecular weight excluding hydrogens is 303 g/mol. The van der Waals surface area contributed by atoms with E-state index in [0.717, 1.165) is 34.2 Å². The van der Waals surface area contributed by atoms with Crippen molar-refractivity contribution < 1.29 is 0 Å². The van der Waals surface area contributed by atoms with E-state index in [-0.39, 0.29) is 5.38 Å². The lowest BCUT2D eigenvalue weighted by molar-refractivity contribution is 0.444. The van der Waals surface area contributed by atoms with Gasteiger partial charge in [-0.2, -0.15) is 0 Å². The van der Waals surface area contributed by atoms with Gasteiger partial charge in [-0.15, -0.1) is 11.6 Å². The minimum atomic E-state index is -0.108. The van der Waals surface area contributed by atoms with Gasteiger partial charge in [0.1, 0.15) is 5.82 Å².